The molecule has 0 heterocycles. The molecule has 0 aromatic heterocycles. The number of fused-ring (bicyclic) bond motifs is 3. The van der Waals surface area contributed by atoms with Crippen molar-refractivity contribution in [2.45, 2.75) is 85.5 Å². The zero-order valence-corrected chi connectivity index (χ0v) is 26.4. The van der Waals surface area contributed by atoms with Crippen molar-refractivity contribution in [3.63, 3.8) is 0 Å². The van der Waals surface area contributed by atoms with Crippen molar-refractivity contribution in [1.82, 2.24) is 0 Å². The van der Waals surface area contributed by atoms with E-state index in [2.05, 4.69) is 147 Å². The van der Waals surface area contributed by atoms with E-state index in [1.807, 2.05) is 0 Å². The lowest BCUT2D eigenvalue weighted by atomic mass is 9.70. The highest BCUT2D eigenvalue weighted by atomic mass is 14.4. The molecule has 0 nitrogen and oxygen atoms in total. The average molecular weight is 537 g/mol. The normalized spacial score (nSPS) is 16.1. The summed E-state index contributed by atoms with van der Waals surface area (Å²) in [6, 6.07) is 25.8. The van der Waals surface area contributed by atoms with E-state index in [4.69, 9.17) is 0 Å². The van der Waals surface area contributed by atoms with Gasteiger partial charge >= 0.3 is 0 Å². The fourth-order valence-corrected chi connectivity index (χ4v) is 6.99. The standard InChI is InChI=1S/C41H44/c1-25-14-18-29(19-15-25)36-35(28-12-10-11-13-28)34-27(3)32-23-22-31(40(4,5)6)24-33(32)38(34)37(39(36)41(7,8)9)30-20-16-26(2)17-21-30/h10-12,14-24,27H,13H2,1-9H3. The van der Waals surface area contributed by atoms with E-state index in [0.717, 1.165) is 6.42 Å². The van der Waals surface area contributed by atoms with Gasteiger partial charge in [-0.25, -0.2) is 0 Å². The monoisotopic (exact) mass is 536 g/mol. The molecule has 1 atom stereocenters. The van der Waals surface area contributed by atoms with Gasteiger partial charge < -0.3 is 0 Å². The van der Waals surface area contributed by atoms with E-state index < -0.39 is 0 Å². The molecule has 4 aromatic rings. The van der Waals surface area contributed by atoms with Gasteiger partial charge in [0, 0.05) is 5.92 Å². The van der Waals surface area contributed by atoms with Gasteiger partial charge in [-0.1, -0.05) is 145 Å². The fourth-order valence-electron chi connectivity index (χ4n) is 6.99. The van der Waals surface area contributed by atoms with Crippen LogP contribution < -0.4 is 0 Å². The van der Waals surface area contributed by atoms with Crippen molar-refractivity contribution in [2.24, 2.45) is 0 Å². The van der Waals surface area contributed by atoms with Crippen LogP contribution in [-0.4, -0.2) is 0 Å². The molecule has 0 saturated carbocycles. The van der Waals surface area contributed by atoms with Gasteiger partial charge in [0.1, 0.15) is 0 Å². The van der Waals surface area contributed by atoms with Crippen LogP contribution in [0.3, 0.4) is 0 Å². The minimum atomic E-state index is -0.0789. The maximum Gasteiger partial charge on any atom is 0.00798 e. The molecule has 0 fully saturated rings. The molecule has 0 saturated heterocycles. The summed E-state index contributed by atoms with van der Waals surface area (Å²) < 4.78 is 0. The lowest BCUT2D eigenvalue weighted by molar-refractivity contribution is 0.590. The molecule has 2 aliphatic rings. The Morgan fingerprint density at radius 2 is 1.20 bits per heavy atom. The van der Waals surface area contributed by atoms with Crippen LogP contribution in [0.15, 0.2) is 85.0 Å². The highest BCUT2D eigenvalue weighted by molar-refractivity contribution is 6.03. The molecule has 0 N–H and O–H groups in total. The zero-order valence-electron chi connectivity index (χ0n) is 26.4. The summed E-state index contributed by atoms with van der Waals surface area (Å²) in [6.07, 6.45) is 7.90. The molecule has 0 amide bonds. The maximum absolute atomic E-state index is 2.51. The summed E-state index contributed by atoms with van der Waals surface area (Å²) in [7, 11) is 0. The Morgan fingerprint density at radius 1 is 0.634 bits per heavy atom. The number of benzene rings is 4. The first-order valence-electron chi connectivity index (χ1n) is 15.3. The van der Waals surface area contributed by atoms with Crippen LogP contribution in [0.25, 0.3) is 39.0 Å². The highest BCUT2D eigenvalue weighted by Crippen LogP contribution is 2.58. The van der Waals surface area contributed by atoms with E-state index in [0.29, 0.717) is 5.92 Å². The van der Waals surface area contributed by atoms with Gasteiger partial charge in [0.2, 0.25) is 0 Å². The molecule has 208 valence electrons. The number of aryl methyl sites for hydroxylation is 2. The summed E-state index contributed by atoms with van der Waals surface area (Å²) in [6.45, 7) is 21.0. The Balaban J connectivity index is 1.86. The average Bonchev–Trinajstić information content (AvgIpc) is 3.54. The number of allylic oxidation sites excluding steroid dienone is 4. The lowest BCUT2D eigenvalue weighted by Crippen LogP contribution is -2.18. The molecule has 0 aliphatic heterocycles. The van der Waals surface area contributed by atoms with E-state index >= 15 is 0 Å². The second kappa shape index (κ2) is 9.73. The van der Waals surface area contributed by atoms with Crippen LogP contribution in [0.5, 0.6) is 0 Å². The molecule has 0 bridgehead atoms. The Morgan fingerprint density at radius 3 is 1.68 bits per heavy atom. The Labute approximate surface area is 247 Å². The predicted molar refractivity (Wildman–Crippen MR) is 179 cm³/mol. The molecule has 0 radical (unpaired) electrons. The topological polar surface area (TPSA) is 0 Å². The number of hydrogen-bond acceptors (Lipinski definition) is 0. The van der Waals surface area contributed by atoms with Crippen LogP contribution in [0.4, 0.5) is 0 Å². The lowest BCUT2D eigenvalue weighted by Gasteiger charge is -2.33. The first-order valence-corrected chi connectivity index (χ1v) is 15.3. The molecule has 4 aromatic carbocycles. The first-order chi connectivity index (χ1) is 19.4. The predicted octanol–water partition coefficient (Wildman–Crippen LogP) is 11.7. The molecule has 6 rings (SSSR count). The molecule has 41 heavy (non-hydrogen) atoms. The Kier molecular flexibility index (Phi) is 6.53. The van der Waals surface area contributed by atoms with Gasteiger partial charge in [-0.15, -0.1) is 0 Å². The molecular formula is C41H44. The second-order valence-electron chi connectivity index (χ2n) is 14.4. The molecule has 0 heteroatoms. The first kappa shape index (κ1) is 27.5. The summed E-state index contributed by atoms with van der Waals surface area (Å²) in [4.78, 5) is 0. The molecular weight excluding hydrogens is 492 g/mol. The van der Waals surface area contributed by atoms with Crippen LogP contribution in [0, 0.1) is 13.8 Å². The summed E-state index contributed by atoms with van der Waals surface area (Å²) in [5, 5.41) is 0. The zero-order chi connectivity index (χ0) is 29.3. The van der Waals surface area contributed by atoms with E-state index in [-0.39, 0.29) is 10.8 Å². The van der Waals surface area contributed by atoms with E-state index in [9.17, 15) is 0 Å². The minimum Gasteiger partial charge on any atom is -0.0801 e. The Hall–Kier alpha value is -3.64. The van der Waals surface area contributed by atoms with E-state index in [1.165, 1.54) is 77.9 Å². The van der Waals surface area contributed by atoms with E-state index in [1.54, 1.807) is 0 Å². The molecule has 0 spiro atoms. The van der Waals surface area contributed by atoms with Crippen molar-refractivity contribution in [2.75, 3.05) is 0 Å². The van der Waals surface area contributed by atoms with Gasteiger partial charge in [-0.05, 0) is 97.9 Å². The quantitative estimate of drug-likeness (QED) is 0.244. The summed E-state index contributed by atoms with van der Waals surface area (Å²) >= 11 is 0. The molecule has 1 unspecified atom stereocenters. The van der Waals surface area contributed by atoms with Crippen LogP contribution in [0.1, 0.15) is 99.7 Å². The minimum absolute atomic E-state index is 0.0789. The third kappa shape index (κ3) is 4.62. The van der Waals surface area contributed by atoms with Gasteiger partial charge in [-0.3, -0.25) is 0 Å². The van der Waals surface area contributed by atoms with Gasteiger partial charge in [0.15, 0.2) is 0 Å². The third-order valence-electron chi connectivity index (χ3n) is 9.15. The summed E-state index contributed by atoms with van der Waals surface area (Å²) in [5.41, 5.74) is 19.6. The SMILES string of the molecule is Cc1ccc(-c2c(C3=CC=CC3)c3c(c(-c4ccc(C)cc4)c2C(C)(C)C)-c2cc(C(C)(C)C)ccc2C3C)cc1. The van der Waals surface area contributed by atoms with Crippen molar-refractivity contribution in [3.05, 3.63) is 124 Å². The van der Waals surface area contributed by atoms with Crippen molar-refractivity contribution in [3.8, 4) is 33.4 Å². The van der Waals surface area contributed by atoms with Crippen molar-refractivity contribution >= 4 is 5.57 Å². The fraction of sp³-hybridized carbons (Fsp3) is 0.317. The number of rotatable bonds is 3. The van der Waals surface area contributed by atoms with Crippen molar-refractivity contribution in [1.29, 1.82) is 0 Å². The van der Waals surface area contributed by atoms with Gasteiger partial charge in [0.25, 0.3) is 0 Å². The maximum atomic E-state index is 2.51. The van der Waals surface area contributed by atoms with Gasteiger partial charge in [-0.2, -0.15) is 0 Å². The highest BCUT2D eigenvalue weighted by Gasteiger charge is 2.39. The summed E-state index contributed by atoms with van der Waals surface area (Å²) in [5.74, 6) is 0.313. The largest absolute Gasteiger partial charge is 0.0801 e. The van der Waals surface area contributed by atoms with Crippen LogP contribution in [0.2, 0.25) is 0 Å². The van der Waals surface area contributed by atoms with Crippen LogP contribution in [-0.2, 0) is 10.8 Å². The number of hydrogen-bond donors (Lipinski definition) is 0. The molecule has 2 aliphatic carbocycles. The Bertz CT molecular complexity index is 1710. The van der Waals surface area contributed by atoms with Crippen LogP contribution >= 0.6 is 0 Å². The van der Waals surface area contributed by atoms with Gasteiger partial charge in [0.05, 0.1) is 0 Å². The third-order valence-corrected chi connectivity index (χ3v) is 9.15. The van der Waals surface area contributed by atoms with Crippen molar-refractivity contribution < 1.29 is 0 Å². The second-order valence-corrected chi connectivity index (χ2v) is 14.4. The smallest absolute Gasteiger partial charge is 0.00798 e.